The molecule has 2 aromatic carbocycles. The van der Waals surface area contributed by atoms with Gasteiger partial charge in [0.2, 0.25) is 0 Å². The van der Waals surface area contributed by atoms with Gasteiger partial charge >= 0.3 is 0 Å². The van der Waals surface area contributed by atoms with Crippen LogP contribution in [0.4, 0.5) is 0 Å². The van der Waals surface area contributed by atoms with Crippen LogP contribution in [0.1, 0.15) is 35.2 Å². The number of benzene rings is 2. The van der Waals surface area contributed by atoms with Crippen LogP contribution >= 0.6 is 0 Å². The van der Waals surface area contributed by atoms with E-state index in [1.165, 1.54) is 52.6 Å². The maximum atomic E-state index is 2.57. The van der Waals surface area contributed by atoms with Crippen molar-refractivity contribution < 1.29 is 17.3 Å². The average Bonchev–Trinajstić information content (AvgIpc) is 2.89. The molecule has 0 unspecified atom stereocenters. The Kier molecular flexibility index (Phi) is 5.51. The van der Waals surface area contributed by atoms with Crippen molar-refractivity contribution >= 4 is 10.9 Å². The summed E-state index contributed by atoms with van der Waals surface area (Å²) in [6.45, 7) is 2.08. The number of hydrogen-bond acceptors (Lipinski definition) is 0. The lowest BCUT2D eigenvalue weighted by Gasteiger charge is -2.16. The quantitative estimate of drug-likeness (QED) is 0.686. The monoisotopic (exact) mass is 354 g/mol. The molecule has 0 saturated carbocycles. The second-order valence-electron chi connectivity index (χ2n) is 7.44. The lowest BCUT2D eigenvalue weighted by atomic mass is 9.95. The van der Waals surface area contributed by atoms with Crippen molar-refractivity contribution in [2.45, 2.75) is 38.8 Å². The third-order valence-corrected chi connectivity index (χ3v) is 5.18. The van der Waals surface area contributed by atoms with Crippen LogP contribution in [0.25, 0.3) is 10.9 Å². The summed E-state index contributed by atoms with van der Waals surface area (Å²) in [5.74, 6) is 0. The largest absolute Gasteiger partial charge is 1.00 e. The Morgan fingerprint density at radius 3 is 2.44 bits per heavy atom. The predicted octanol–water partition coefficient (Wildman–Crippen LogP) is 0.217. The number of nitrogens with one attached hydrogen (secondary N) is 1. The standard InChI is InChI=1S/C22H26N2.ClH/c1-23(2)15-18-12-13-22-20(14-18)19-10-6-7-11-21(19)24(22)16-17-8-4-3-5-9-17;/h3-5,8-9,12-14H,6-7,10-11,15-16H2,1-2H3;1H. The molecule has 1 aromatic heterocycles. The first-order valence-corrected chi connectivity index (χ1v) is 9.18. The summed E-state index contributed by atoms with van der Waals surface area (Å²) < 4.78 is 2.57. The Morgan fingerprint density at radius 1 is 0.920 bits per heavy atom. The Labute approximate surface area is 156 Å². The summed E-state index contributed by atoms with van der Waals surface area (Å²) >= 11 is 0. The van der Waals surface area contributed by atoms with Crippen molar-refractivity contribution in [3.05, 3.63) is 70.9 Å². The zero-order valence-corrected chi connectivity index (χ0v) is 15.9. The maximum Gasteiger partial charge on any atom is 0.102 e. The highest BCUT2D eigenvalue weighted by Gasteiger charge is 2.20. The van der Waals surface area contributed by atoms with Gasteiger partial charge in [-0.2, -0.15) is 0 Å². The van der Waals surface area contributed by atoms with Crippen LogP contribution in [-0.2, 0) is 25.9 Å². The van der Waals surface area contributed by atoms with E-state index < -0.39 is 0 Å². The number of hydrogen-bond donors (Lipinski definition) is 1. The first-order valence-electron chi connectivity index (χ1n) is 9.18. The van der Waals surface area contributed by atoms with E-state index in [1.54, 1.807) is 11.3 Å². The molecule has 0 spiro atoms. The summed E-state index contributed by atoms with van der Waals surface area (Å²) in [6, 6.07) is 18.0. The Hall–Kier alpha value is -1.77. The fraction of sp³-hybridized carbons (Fsp3) is 0.364. The predicted molar refractivity (Wildman–Crippen MR) is 101 cm³/mol. The van der Waals surface area contributed by atoms with Crippen LogP contribution in [0, 0.1) is 0 Å². The summed E-state index contributed by atoms with van der Waals surface area (Å²) in [5, 5.41) is 1.50. The molecule has 0 bridgehead atoms. The van der Waals surface area contributed by atoms with E-state index in [4.69, 9.17) is 0 Å². The molecule has 132 valence electrons. The van der Waals surface area contributed by atoms with Crippen molar-refractivity contribution in [2.24, 2.45) is 0 Å². The second-order valence-corrected chi connectivity index (χ2v) is 7.44. The van der Waals surface area contributed by atoms with E-state index in [9.17, 15) is 0 Å². The van der Waals surface area contributed by atoms with E-state index >= 15 is 0 Å². The van der Waals surface area contributed by atoms with Gasteiger partial charge < -0.3 is 21.9 Å². The molecule has 1 aliphatic rings. The lowest BCUT2D eigenvalue weighted by Crippen LogP contribution is -3.04. The van der Waals surface area contributed by atoms with Crippen LogP contribution < -0.4 is 17.3 Å². The van der Waals surface area contributed by atoms with Gasteiger partial charge in [-0.05, 0) is 48.9 Å². The molecule has 25 heavy (non-hydrogen) atoms. The van der Waals surface area contributed by atoms with E-state index in [-0.39, 0.29) is 12.4 Å². The van der Waals surface area contributed by atoms with Gasteiger partial charge in [-0.1, -0.05) is 36.4 Å². The number of rotatable bonds is 4. The molecule has 2 nitrogen and oxygen atoms in total. The normalized spacial score (nSPS) is 13.7. The van der Waals surface area contributed by atoms with Gasteiger partial charge in [0.15, 0.2) is 0 Å². The van der Waals surface area contributed by atoms with Gasteiger partial charge in [0.05, 0.1) is 14.1 Å². The fourth-order valence-corrected chi connectivity index (χ4v) is 4.15. The summed E-state index contributed by atoms with van der Waals surface area (Å²) in [7, 11) is 4.44. The minimum Gasteiger partial charge on any atom is -1.00 e. The van der Waals surface area contributed by atoms with Gasteiger partial charge in [-0.15, -0.1) is 0 Å². The molecule has 3 heteroatoms. The number of halogens is 1. The van der Waals surface area contributed by atoms with E-state index in [1.807, 2.05) is 0 Å². The second kappa shape index (κ2) is 7.63. The Balaban J connectivity index is 0.00000182. The average molecular weight is 355 g/mol. The van der Waals surface area contributed by atoms with Crippen molar-refractivity contribution in [3.63, 3.8) is 0 Å². The van der Waals surface area contributed by atoms with Gasteiger partial charge in [0.1, 0.15) is 6.54 Å². The first kappa shape index (κ1) is 18.0. The van der Waals surface area contributed by atoms with Crippen LogP contribution in [-0.4, -0.2) is 18.7 Å². The van der Waals surface area contributed by atoms with Crippen LogP contribution in [0.5, 0.6) is 0 Å². The van der Waals surface area contributed by atoms with Gasteiger partial charge in [-0.25, -0.2) is 0 Å². The fourth-order valence-electron chi connectivity index (χ4n) is 4.15. The smallest absolute Gasteiger partial charge is 0.102 e. The molecule has 0 radical (unpaired) electrons. The van der Waals surface area contributed by atoms with Gasteiger partial charge in [0, 0.05) is 28.7 Å². The Bertz CT molecular complexity index is 849. The number of fused-ring (bicyclic) bond motifs is 3. The van der Waals surface area contributed by atoms with Crippen molar-refractivity contribution in [1.82, 2.24) is 4.57 Å². The van der Waals surface area contributed by atoms with Crippen molar-refractivity contribution in [2.75, 3.05) is 14.1 Å². The maximum absolute atomic E-state index is 2.57. The molecule has 4 rings (SSSR count). The lowest BCUT2D eigenvalue weighted by molar-refractivity contribution is -0.872. The van der Waals surface area contributed by atoms with Crippen molar-refractivity contribution in [3.8, 4) is 0 Å². The summed E-state index contributed by atoms with van der Waals surface area (Å²) in [4.78, 5) is 1.48. The van der Waals surface area contributed by atoms with E-state index in [0.29, 0.717) is 0 Å². The SMILES string of the molecule is C[NH+](C)Cc1ccc2c(c1)c1c(n2Cc2ccccc2)CCCC1.[Cl-]. The van der Waals surface area contributed by atoms with E-state index in [2.05, 4.69) is 67.2 Å². The minimum absolute atomic E-state index is 0. The molecule has 0 fully saturated rings. The topological polar surface area (TPSA) is 9.37 Å². The third kappa shape index (κ3) is 3.61. The highest BCUT2D eigenvalue weighted by atomic mass is 35.5. The van der Waals surface area contributed by atoms with Gasteiger partial charge in [-0.3, -0.25) is 0 Å². The number of quaternary nitrogens is 1. The number of nitrogens with zero attached hydrogens (tertiary/aromatic N) is 1. The van der Waals surface area contributed by atoms with Gasteiger partial charge in [0.25, 0.3) is 0 Å². The number of aryl methyl sites for hydroxylation is 1. The van der Waals surface area contributed by atoms with Crippen LogP contribution in [0.2, 0.25) is 0 Å². The molecule has 0 atom stereocenters. The zero-order valence-electron chi connectivity index (χ0n) is 15.2. The minimum atomic E-state index is 0. The van der Waals surface area contributed by atoms with Crippen molar-refractivity contribution in [1.29, 1.82) is 0 Å². The molecule has 1 heterocycles. The van der Waals surface area contributed by atoms with E-state index in [0.717, 1.165) is 13.1 Å². The van der Waals surface area contributed by atoms with Crippen LogP contribution in [0.3, 0.4) is 0 Å². The summed E-state index contributed by atoms with van der Waals surface area (Å²) in [5.41, 5.74) is 7.46. The third-order valence-electron chi connectivity index (χ3n) is 5.18. The first-order chi connectivity index (χ1) is 11.7. The molecule has 1 aliphatic carbocycles. The summed E-state index contributed by atoms with van der Waals surface area (Å²) in [6.07, 6.45) is 5.13. The molecule has 0 amide bonds. The highest BCUT2D eigenvalue weighted by molar-refractivity contribution is 5.86. The molecular formula is C22H27ClN2. The Morgan fingerprint density at radius 2 is 1.68 bits per heavy atom. The molecular weight excluding hydrogens is 328 g/mol. The molecule has 0 aliphatic heterocycles. The highest BCUT2D eigenvalue weighted by Crippen LogP contribution is 2.33. The zero-order chi connectivity index (χ0) is 16.5. The van der Waals surface area contributed by atoms with Crippen LogP contribution in [0.15, 0.2) is 48.5 Å². The molecule has 0 saturated heterocycles. The molecule has 1 N–H and O–H groups in total. The molecule has 3 aromatic rings. The number of aromatic nitrogens is 1.